The summed E-state index contributed by atoms with van der Waals surface area (Å²) in [5.41, 5.74) is -0.374. The lowest BCUT2D eigenvalue weighted by molar-refractivity contribution is 0.147. The average Bonchev–Trinajstić information content (AvgIpc) is 2.85. The van der Waals surface area contributed by atoms with E-state index in [2.05, 4.69) is 0 Å². The number of aliphatic hydroxyl groups is 1. The molecule has 0 radical (unpaired) electrons. The van der Waals surface area contributed by atoms with Crippen LogP contribution in [0, 0.1) is 0 Å². The van der Waals surface area contributed by atoms with Crippen molar-refractivity contribution in [2.75, 3.05) is 7.11 Å². The molecule has 1 aliphatic carbocycles. The maximum atomic E-state index is 9.83. The summed E-state index contributed by atoms with van der Waals surface area (Å²) in [5, 5.41) is 20.0. The van der Waals surface area contributed by atoms with Gasteiger partial charge in [0.2, 0.25) is 0 Å². The number of ether oxygens (including phenoxy) is 1. The van der Waals surface area contributed by atoms with Crippen molar-refractivity contribution in [1.29, 1.82) is 0 Å². The molecule has 1 aromatic rings. The lowest BCUT2D eigenvalue weighted by Crippen LogP contribution is -2.05. The van der Waals surface area contributed by atoms with Crippen LogP contribution >= 0.6 is 11.6 Å². The fourth-order valence-corrected chi connectivity index (χ4v) is 1.73. The molecule has 0 aromatic heterocycles. The SMILES string of the molecule is COc1c(Cl)ccc(C2(O)CC2)c1O. The Labute approximate surface area is 86.9 Å². The van der Waals surface area contributed by atoms with Crippen LogP contribution in [0.4, 0.5) is 0 Å². The van der Waals surface area contributed by atoms with E-state index in [0.29, 0.717) is 23.4 Å². The van der Waals surface area contributed by atoms with E-state index in [1.165, 1.54) is 7.11 Å². The first-order valence-corrected chi connectivity index (χ1v) is 4.74. The van der Waals surface area contributed by atoms with E-state index in [1.54, 1.807) is 12.1 Å². The predicted molar refractivity (Wildman–Crippen MR) is 52.8 cm³/mol. The van der Waals surface area contributed by atoms with Crippen LogP contribution in [0.25, 0.3) is 0 Å². The monoisotopic (exact) mass is 214 g/mol. The van der Waals surface area contributed by atoms with Gasteiger partial charge in [-0.15, -0.1) is 0 Å². The highest BCUT2D eigenvalue weighted by Crippen LogP contribution is 2.51. The van der Waals surface area contributed by atoms with Gasteiger partial charge in [-0.05, 0) is 18.9 Å². The second kappa shape index (κ2) is 3.04. The smallest absolute Gasteiger partial charge is 0.179 e. The van der Waals surface area contributed by atoms with Crippen LogP contribution < -0.4 is 4.74 Å². The highest BCUT2D eigenvalue weighted by molar-refractivity contribution is 6.32. The number of phenolic OH excluding ortho intramolecular Hbond substituents is 1. The molecule has 0 spiro atoms. The Bertz CT molecular complexity index is 372. The van der Waals surface area contributed by atoms with E-state index < -0.39 is 5.60 Å². The van der Waals surface area contributed by atoms with Crippen molar-refractivity contribution in [3.63, 3.8) is 0 Å². The Morgan fingerprint density at radius 1 is 1.43 bits per heavy atom. The van der Waals surface area contributed by atoms with Crippen molar-refractivity contribution in [2.45, 2.75) is 18.4 Å². The highest BCUT2D eigenvalue weighted by atomic mass is 35.5. The van der Waals surface area contributed by atoms with Crippen LogP contribution in [-0.2, 0) is 5.60 Å². The largest absolute Gasteiger partial charge is 0.504 e. The molecule has 2 N–H and O–H groups in total. The van der Waals surface area contributed by atoms with Crippen molar-refractivity contribution in [1.82, 2.24) is 0 Å². The second-order valence-corrected chi connectivity index (χ2v) is 3.92. The Morgan fingerprint density at radius 3 is 2.57 bits per heavy atom. The van der Waals surface area contributed by atoms with Crippen molar-refractivity contribution in [3.05, 3.63) is 22.7 Å². The third-order valence-electron chi connectivity index (χ3n) is 2.51. The topological polar surface area (TPSA) is 49.7 Å². The Kier molecular flexibility index (Phi) is 2.09. The van der Waals surface area contributed by atoms with Crippen LogP contribution in [0.1, 0.15) is 18.4 Å². The van der Waals surface area contributed by atoms with Crippen LogP contribution in [0.2, 0.25) is 5.02 Å². The maximum absolute atomic E-state index is 9.83. The quantitative estimate of drug-likeness (QED) is 0.792. The summed E-state index contributed by atoms with van der Waals surface area (Å²) >= 11 is 5.81. The molecule has 76 valence electrons. The fraction of sp³-hybridized carbons (Fsp3) is 0.400. The molecule has 0 unspecified atom stereocenters. The van der Waals surface area contributed by atoms with Gasteiger partial charge < -0.3 is 14.9 Å². The van der Waals surface area contributed by atoms with Crippen LogP contribution in [0.3, 0.4) is 0 Å². The summed E-state index contributed by atoms with van der Waals surface area (Å²) in [6.45, 7) is 0. The molecule has 0 atom stereocenters. The minimum atomic E-state index is -0.873. The molecule has 0 heterocycles. The van der Waals surface area contributed by atoms with E-state index in [0.717, 1.165) is 0 Å². The lowest BCUT2D eigenvalue weighted by Gasteiger charge is -2.13. The molecule has 1 fully saturated rings. The van der Waals surface area contributed by atoms with Gasteiger partial charge in [-0.3, -0.25) is 0 Å². The summed E-state index contributed by atoms with van der Waals surface area (Å²) in [6.07, 6.45) is 1.34. The summed E-state index contributed by atoms with van der Waals surface area (Å²) < 4.78 is 4.95. The van der Waals surface area contributed by atoms with Crippen molar-refractivity contribution >= 4 is 11.6 Å². The number of hydrogen-bond acceptors (Lipinski definition) is 3. The van der Waals surface area contributed by atoms with E-state index in [-0.39, 0.29) is 11.5 Å². The predicted octanol–water partition coefficient (Wildman–Crippen LogP) is 2.04. The molecule has 3 nitrogen and oxygen atoms in total. The van der Waals surface area contributed by atoms with Crippen molar-refractivity contribution in [3.8, 4) is 11.5 Å². The molecule has 0 amide bonds. The van der Waals surface area contributed by atoms with E-state index in [9.17, 15) is 10.2 Å². The Hall–Kier alpha value is -0.930. The van der Waals surface area contributed by atoms with Crippen LogP contribution in [0.15, 0.2) is 12.1 Å². The van der Waals surface area contributed by atoms with Crippen molar-refractivity contribution < 1.29 is 14.9 Å². The first-order chi connectivity index (χ1) is 6.58. The molecule has 0 saturated heterocycles. The maximum Gasteiger partial charge on any atom is 0.179 e. The highest BCUT2D eigenvalue weighted by Gasteiger charge is 2.44. The van der Waals surface area contributed by atoms with E-state index in [4.69, 9.17) is 16.3 Å². The summed E-state index contributed by atoms with van der Waals surface area (Å²) in [5.74, 6) is 0.171. The molecule has 1 aromatic carbocycles. The van der Waals surface area contributed by atoms with Gasteiger partial charge in [0, 0.05) is 5.56 Å². The molecule has 1 aliphatic rings. The zero-order valence-corrected chi connectivity index (χ0v) is 8.51. The van der Waals surface area contributed by atoms with Gasteiger partial charge in [0.05, 0.1) is 17.7 Å². The molecule has 14 heavy (non-hydrogen) atoms. The van der Waals surface area contributed by atoms with Crippen LogP contribution in [-0.4, -0.2) is 17.3 Å². The minimum absolute atomic E-state index is 0.0556. The number of phenols is 1. The lowest BCUT2D eigenvalue weighted by atomic mass is 10.1. The first-order valence-electron chi connectivity index (χ1n) is 4.37. The zero-order chi connectivity index (χ0) is 10.3. The second-order valence-electron chi connectivity index (χ2n) is 3.51. The average molecular weight is 215 g/mol. The van der Waals surface area contributed by atoms with Gasteiger partial charge >= 0.3 is 0 Å². The zero-order valence-electron chi connectivity index (χ0n) is 7.75. The fourth-order valence-electron chi connectivity index (χ4n) is 1.50. The third kappa shape index (κ3) is 1.33. The molecule has 1 saturated carbocycles. The Morgan fingerprint density at radius 2 is 2.07 bits per heavy atom. The summed E-state index contributed by atoms with van der Waals surface area (Å²) in [6, 6.07) is 3.25. The molecule has 0 aliphatic heterocycles. The van der Waals surface area contributed by atoms with Gasteiger partial charge in [-0.25, -0.2) is 0 Å². The van der Waals surface area contributed by atoms with Crippen LogP contribution in [0.5, 0.6) is 11.5 Å². The number of hydrogen-bond donors (Lipinski definition) is 2. The third-order valence-corrected chi connectivity index (χ3v) is 2.81. The van der Waals surface area contributed by atoms with E-state index in [1.807, 2.05) is 0 Å². The normalized spacial score (nSPS) is 17.9. The Balaban J connectivity index is 2.53. The molecule has 2 rings (SSSR count). The molecule has 4 heteroatoms. The number of benzene rings is 1. The number of halogens is 1. The summed E-state index contributed by atoms with van der Waals surface area (Å²) in [4.78, 5) is 0. The molecular formula is C10H11ClO3. The van der Waals surface area contributed by atoms with E-state index >= 15 is 0 Å². The van der Waals surface area contributed by atoms with Gasteiger partial charge in [-0.2, -0.15) is 0 Å². The summed E-state index contributed by atoms with van der Waals surface area (Å²) in [7, 11) is 1.43. The number of aromatic hydroxyl groups is 1. The van der Waals surface area contributed by atoms with Crippen molar-refractivity contribution in [2.24, 2.45) is 0 Å². The van der Waals surface area contributed by atoms with Gasteiger partial charge in [0.25, 0.3) is 0 Å². The first kappa shape index (κ1) is 9.62. The number of rotatable bonds is 2. The standard InChI is InChI=1S/C10H11ClO3/c1-14-9-7(11)3-2-6(8(9)12)10(13)4-5-10/h2-3,12-13H,4-5H2,1H3. The van der Waals surface area contributed by atoms with Gasteiger partial charge in [0.1, 0.15) is 0 Å². The minimum Gasteiger partial charge on any atom is -0.504 e. The number of methoxy groups -OCH3 is 1. The van der Waals surface area contributed by atoms with Gasteiger partial charge in [-0.1, -0.05) is 17.7 Å². The van der Waals surface area contributed by atoms with Gasteiger partial charge in [0.15, 0.2) is 11.5 Å². The molecule has 0 bridgehead atoms. The molecular weight excluding hydrogens is 204 g/mol.